The molecule has 1 unspecified atom stereocenters. The van der Waals surface area contributed by atoms with Gasteiger partial charge in [-0.05, 0) is 89.9 Å². The van der Waals surface area contributed by atoms with Crippen molar-refractivity contribution in [1.82, 2.24) is 9.80 Å². The maximum Gasteiger partial charge on any atom is 0.0159 e. The van der Waals surface area contributed by atoms with Crippen molar-refractivity contribution < 1.29 is 0 Å². The zero-order valence-electron chi connectivity index (χ0n) is 17.5. The van der Waals surface area contributed by atoms with E-state index in [1.165, 1.54) is 128 Å². The number of unbranched alkanes of at least 4 members (excludes halogenated alkanes) is 1. The Morgan fingerprint density at radius 2 is 1.52 bits per heavy atom. The van der Waals surface area contributed by atoms with E-state index in [4.69, 9.17) is 0 Å². The summed E-state index contributed by atoms with van der Waals surface area (Å²) in [6.45, 7) is 12.5. The molecule has 3 fully saturated rings. The number of nitrogens with zero attached hydrogens (tertiary/aromatic N) is 2. The lowest BCUT2D eigenvalue weighted by Gasteiger charge is -2.35. The van der Waals surface area contributed by atoms with Gasteiger partial charge in [-0.2, -0.15) is 0 Å². The van der Waals surface area contributed by atoms with Crippen LogP contribution >= 0.6 is 21.6 Å². The van der Waals surface area contributed by atoms with Gasteiger partial charge in [-0.3, -0.25) is 0 Å². The molecule has 0 radical (unpaired) electrons. The summed E-state index contributed by atoms with van der Waals surface area (Å²) < 4.78 is 0. The smallest absolute Gasteiger partial charge is 0.0159 e. The first-order valence-corrected chi connectivity index (χ1v) is 14.1. The average molecular weight is 411 g/mol. The quantitative estimate of drug-likeness (QED) is 0.226. The number of likely N-dealkylation sites (tertiary alicyclic amines) is 2. The van der Waals surface area contributed by atoms with Crippen LogP contribution in [0.3, 0.4) is 0 Å². The van der Waals surface area contributed by atoms with Crippen molar-refractivity contribution in [3.05, 3.63) is 12.2 Å². The molecule has 1 atom stereocenters. The lowest BCUT2D eigenvalue weighted by Crippen LogP contribution is -2.40. The second kappa shape index (κ2) is 12.8. The van der Waals surface area contributed by atoms with Gasteiger partial charge < -0.3 is 9.80 Å². The highest BCUT2D eigenvalue weighted by Gasteiger charge is 2.21. The van der Waals surface area contributed by atoms with Gasteiger partial charge in [0.15, 0.2) is 0 Å². The molecule has 0 aromatic carbocycles. The molecule has 3 saturated heterocycles. The molecule has 3 aliphatic rings. The minimum Gasteiger partial charge on any atom is -0.303 e. The Kier molecular flexibility index (Phi) is 10.5. The Labute approximate surface area is 176 Å². The molecule has 3 rings (SSSR count). The van der Waals surface area contributed by atoms with Gasteiger partial charge in [0.05, 0.1) is 0 Å². The van der Waals surface area contributed by atoms with E-state index < -0.39 is 0 Å². The number of hydrogen-bond donors (Lipinski definition) is 0. The van der Waals surface area contributed by atoms with Gasteiger partial charge in [-0.1, -0.05) is 53.0 Å². The van der Waals surface area contributed by atoms with Gasteiger partial charge in [0.2, 0.25) is 0 Å². The molecule has 0 aliphatic carbocycles. The van der Waals surface area contributed by atoms with E-state index in [-0.39, 0.29) is 0 Å². The van der Waals surface area contributed by atoms with E-state index in [1.54, 1.807) is 0 Å². The Morgan fingerprint density at radius 3 is 2.07 bits per heavy atom. The van der Waals surface area contributed by atoms with E-state index in [2.05, 4.69) is 38.0 Å². The van der Waals surface area contributed by atoms with Crippen LogP contribution in [0, 0.1) is 5.92 Å². The van der Waals surface area contributed by atoms with Crippen LogP contribution in [0.5, 0.6) is 0 Å². The molecular formula is C23H42N2S2. The van der Waals surface area contributed by atoms with Crippen LogP contribution in [0.2, 0.25) is 0 Å². The normalized spacial score (nSPS) is 25.3. The average Bonchev–Trinajstić information content (AvgIpc) is 3.20. The summed E-state index contributed by atoms with van der Waals surface area (Å²) in [5.74, 6) is 2.17. The summed E-state index contributed by atoms with van der Waals surface area (Å²) in [5, 5.41) is 0.939. The van der Waals surface area contributed by atoms with Crippen LogP contribution in [0.1, 0.15) is 77.0 Å². The molecule has 3 heterocycles. The number of hydrogen-bond acceptors (Lipinski definition) is 4. The number of piperidine rings is 2. The Morgan fingerprint density at radius 1 is 0.889 bits per heavy atom. The second-order valence-electron chi connectivity index (χ2n) is 9.12. The van der Waals surface area contributed by atoms with Gasteiger partial charge in [-0.15, -0.1) is 0 Å². The Balaban J connectivity index is 1.38. The molecule has 156 valence electrons. The molecular weight excluding hydrogens is 368 g/mol. The summed E-state index contributed by atoms with van der Waals surface area (Å²) in [7, 11) is 4.21. The van der Waals surface area contributed by atoms with Gasteiger partial charge >= 0.3 is 0 Å². The zero-order chi connectivity index (χ0) is 18.7. The SMILES string of the molecule is C=C(CCCCC1CCSS1)CC(CN1CCCCC1)CN1CCCCC1. The molecule has 0 aromatic heterocycles. The van der Waals surface area contributed by atoms with Crippen molar-refractivity contribution in [2.24, 2.45) is 5.92 Å². The first-order valence-electron chi connectivity index (χ1n) is 11.7. The van der Waals surface area contributed by atoms with Crippen molar-refractivity contribution in [3.8, 4) is 0 Å². The summed E-state index contributed by atoms with van der Waals surface area (Å²) in [6.07, 6.45) is 16.7. The van der Waals surface area contributed by atoms with E-state index in [0.717, 1.165) is 11.2 Å². The molecule has 0 saturated carbocycles. The second-order valence-corrected chi connectivity index (χ2v) is 11.9. The fourth-order valence-electron chi connectivity index (χ4n) is 5.02. The molecule has 0 spiro atoms. The van der Waals surface area contributed by atoms with Crippen LogP contribution < -0.4 is 0 Å². The largest absolute Gasteiger partial charge is 0.303 e. The summed E-state index contributed by atoms with van der Waals surface area (Å²) >= 11 is 0. The fourth-order valence-corrected chi connectivity index (χ4v) is 8.05. The number of allylic oxidation sites excluding steroid dienone is 1. The maximum atomic E-state index is 4.50. The van der Waals surface area contributed by atoms with E-state index in [1.807, 2.05) is 0 Å². The lowest BCUT2D eigenvalue weighted by atomic mass is 9.94. The molecule has 27 heavy (non-hydrogen) atoms. The topological polar surface area (TPSA) is 6.48 Å². The lowest BCUT2D eigenvalue weighted by molar-refractivity contribution is 0.144. The van der Waals surface area contributed by atoms with Crippen molar-refractivity contribution in [3.63, 3.8) is 0 Å². The fraction of sp³-hybridized carbons (Fsp3) is 0.913. The monoisotopic (exact) mass is 410 g/mol. The summed E-state index contributed by atoms with van der Waals surface area (Å²) in [6, 6.07) is 0. The van der Waals surface area contributed by atoms with Gasteiger partial charge in [0, 0.05) is 24.1 Å². The van der Waals surface area contributed by atoms with Gasteiger partial charge in [0.1, 0.15) is 0 Å². The highest BCUT2D eigenvalue weighted by Crippen LogP contribution is 2.40. The molecule has 0 bridgehead atoms. The number of rotatable bonds is 11. The predicted molar refractivity (Wildman–Crippen MR) is 125 cm³/mol. The van der Waals surface area contributed by atoms with Crippen LogP contribution in [-0.4, -0.2) is 60.1 Å². The Hall–Kier alpha value is 0.360. The van der Waals surface area contributed by atoms with Crippen LogP contribution in [-0.2, 0) is 0 Å². The molecule has 4 heteroatoms. The standard InChI is InChI=1S/C23H42N2S2/c1-21(10-4-5-11-23-12-17-26-27-23)18-22(19-24-13-6-2-7-14-24)20-25-15-8-3-9-16-25/h22-23H,1-20H2. The van der Waals surface area contributed by atoms with Gasteiger partial charge in [0.25, 0.3) is 0 Å². The van der Waals surface area contributed by atoms with E-state index in [0.29, 0.717) is 0 Å². The molecule has 2 nitrogen and oxygen atoms in total. The third-order valence-corrected chi connectivity index (χ3v) is 9.55. The highest BCUT2D eigenvalue weighted by atomic mass is 33.1. The first-order chi connectivity index (χ1) is 13.3. The summed E-state index contributed by atoms with van der Waals surface area (Å²) in [5.41, 5.74) is 1.53. The first kappa shape index (κ1) is 22.1. The predicted octanol–water partition coefficient (Wildman–Crippen LogP) is 6.23. The molecule has 0 N–H and O–H groups in total. The third-order valence-electron chi connectivity index (χ3n) is 6.54. The van der Waals surface area contributed by atoms with E-state index >= 15 is 0 Å². The van der Waals surface area contributed by atoms with Crippen LogP contribution in [0.15, 0.2) is 12.2 Å². The molecule has 0 aromatic rings. The van der Waals surface area contributed by atoms with Crippen LogP contribution in [0.25, 0.3) is 0 Å². The molecule has 3 aliphatic heterocycles. The van der Waals surface area contributed by atoms with E-state index in [9.17, 15) is 0 Å². The molecule has 0 amide bonds. The van der Waals surface area contributed by atoms with Crippen molar-refractivity contribution in [2.45, 2.75) is 82.3 Å². The van der Waals surface area contributed by atoms with Gasteiger partial charge in [-0.25, -0.2) is 0 Å². The Bertz CT molecular complexity index is 391. The zero-order valence-corrected chi connectivity index (χ0v) is 19.1. The minimum atomic E-state index is 0.801. The summed E-state index contributed by atoms with van der Waals surface area (Å²) in [4.78, 5) is 5.50. The van der Waals surface area contributed by atoms with Crippen molar-refractivity contribution in [2.75, 3.05) is 45.0 Å². The maximum absolute atomic E-state index is 4.50. The minimum absolute atomic E-state index is 0.801. The van der Waals surface area contributed by atoms with Crippen molar-refractivity contribution >= 4 is 21.6 Å². The highest BCUT2D eigenvalue weighted by molar-refractivity contribution is 8.77. The van der Waals surface area contributed by atoms with Crippen LogP contribution in [0.4, 0.5) is 0 Å². The van der Waals surface area contributed by atoms with Crippen molar-refractivity contribution in [1.29, 1.82) is 0 Å². The third kappa shape index (κ3) is 8.72.